The highest BCUT2D eigenvalue weighted by atomic mass is 16.7. The van der Waals surface area contributed by atoms with Crippen LogP contribution in [0.3, 0.4) is 0 Å². The number of methoxy groups -OCH3 is 3. The number of nitrogens with zero attached hydrogens (tertiary/aromatic N) is 2. The first-order valence-electron chi connectivity index (χ1n) is 8.12. The van der Waals surface area contributed by atoms with Gasteiger partial charge in [-0.05, 0) is 12.8 Å². The Kier molecular flexibility index (Phi) is 6.25. The van der Waals surface area contributed by atoms with Crippen LogP contribution in [0.4, 0.5) is 9.59 Å². The molecule has 9 nitrogen and oxygen atoms in total. The van der Waals surface area contributed by atoms with Crippen LogP contribution in [-0.4, -0.2) is 92.5 Å². The van der Waals surface area contributed by atoms with Crippen LogP contribution in [0.15, 0.2) is 0 Å². The van der Waals surface area contributed by atoms with E-state index in [-0.39, 0.29) is 24.7 Å². The summed E-state index contributed by atoms with van der Waals surface area (Å²) in [4.78, 5) is 27.2. The van der Waals surface area contributed by atoms with Crippen molar-refractivity contribution in [3.8, 4) is 0 Å². The number of carbonyl (C=O) groups is 2. The summed E-state index contributed by atoms with van der Waals surface area (Å²) in [5.41, 5.74) is 0. The molecular formula is C15H27N3O6. The third-order valence-electron chi connectivity index (χ3n) is 4.79. The SMILES string of the molecule is COC(=O)N1CCCC(NC(=O)N2CCC(OC)(OC)C(O)C2)C1. The van der Waals surface area contributed by atoms with Gasteiger partial charge in [-0.1, -0.05) is 0 Å². The fourth-order valence-electron chi connectivity index (χ4n) is 3.30. The minimum atomic E-state index is -1.07. The van der Waals surface area contributed by atoms with E-state index in [9.17, 15) is 14.7 Å². The average Bonchev–Trinajstić information content (AvgIpc) is 2.61. The van der Waals surface area contributed by atoms with Crippen molar-refractivity contribution in [3.05, 3.63) is 0 Å². The minimum absolute atomic E-state index is 0.126. The number of rotatable bonds is 3. The number of β-amino-alcohol motifs (C(OH)–C–C–N with tert-alkyl or cyclic N) is 1. The van der Waals surface area contributed by atoms with Gasteiger partial charge in [-0.3, -0.25) is 0 Å². The van der Waals surface area contributed by atoms with Gasteiger partial charge in [0.25, 0.3) is 0 Å². The lowest BCUT2D eigenvalue weighted by molar-refractivity contribution is -0.275. The van der Waals surface area contributed by atoms with Crippen molar-refractivity contribution in [1.29, 1.82) is 0 Å². The van der Waals surface area contributed by atoms with Crippen molar-refractivity contribution in [2.75, 3.05) is 47.5 Å². The summed E-state index contributed by atoms with van der Waals surface area (Å²) in [6.45, 7) is 1.60. The van der Waals surface area contributed by atoms with Crippen LogP contribution in [0.5, 0.6) is 0 Å². The zero-order valence-electron chi connectivity index (χ0n) is 14.5. The number of aliphatic hydroxyl groups excluding tert-OH is 1. The fraction of sp³-hybridized carbons (Fsp3) is 0.867. The molecule has 9 heteroatoms. The number of likely N-dealkylation sites (tertiary alicyclic amines) is 2. The zero-order valence-corrected chi connectivity index (χ0v) is 14.5. The molecule has 0 bridgehead atoms. The Hall–Kier alpha value is -1.58. The molecule has 2 saturated heterocycles. The van der Waals surface area contributed by atoms with E-state index in [4.69, 9.17) is 14.2 Å². The number of carbonyl (C=O) groups excluding carboxylic acids is 2. The summed E-state index contributed by atoms with van der Waals surface area (Å²) in [6, 6.07) is -0.384. The van der Waals surface area contributed by atoms with Gasteiger partial charge in [0.05, 0.1) is 13.7 Å². The Morgan fingerprint density at radius 3 is 2.42 bits per heavy atom. The summed E-state index contributed by atoms with van der Waals surface area (Å²) in [7, 11) is 4.30. The predicted octanol–water partition coefficient (Wildman–Crippen LogP) is -0.0175. The van der Waals surface area contributed by atoms with Gasteiger partial charge < -0.3 is 34.4 Å². The highest BCUT2D eigenvalue weighted by Crippen LogP contribution is 2.27. The first-order chi connectivity index (χ1) is 11.5. The van der Waals surface area contributed by atoms with Crippen molar-refractivity contribution >= 4 is 12.1 Å². The van der Waals surface area contributed by atoms with Gasteiger partial charge in [0, 0.05) is 46.3 Å². The van der Waals surface area contributed by atoms with E-state index in [0.29, 0.717) is 26.1 Å². The molecule has 2 atom stereocenters. The molecule has 2 rings (SSSR count). The van der Waals surface area contributed by atoms with Crippen molar-refractivity contribution < 1.29 is 28.9 Å². The Bertz CT molecular complexity index is 456. The molecule has 0 spiro atoms. The summed E-state index contributed by atoms with van der Waals surface area (Å²) in [5, 5.41) is 13.2. The van der Waals surface area contributed by atoms with Crippen molar-refractivity contribution in [3.63, 3.8) is 0 Å². The summed E-state index contributed by atoms with van der Waals surface area (Å²) >= 11 is 0. The topological polar surface area (TPSA) is 101 Å². The molecule has 0 aromatic carbocycles. The Morgan fingerprint density at radius 1 is 1.12 bits per heavy atom. The van der Waals surface area contributed by atoms with E-state index in [1.54, 1.807) is 4.90 Å². The lowest BCUT2D eigenvalue weighted by Crippen LogP contribution is -2.61. The Balaban J connectivity index is 1.88. The van der Waals surface area contributed by atoms with Crippen LogP contribution in [0.2, 0.25) is 0 Å². The number of amides is 3. The zero-order chi connectivity index (χ0) is 17.7. The quantitative estimate of drug-likeness (QED) is 0.698. The number of ether oxygens (including phenoxy) is 3. The molecule has 0 aromatic rings. The number of nitrogens with one attached hydrogen (secondary N) is 1. The molecule has 2 fully saturated rings. The van der Waals surface area contributed by atoms with Gasteiger partial charge in [-0.2, -0.15) is 0 Å². The summed E-state index contributed by atoms with van der Waals surface area (Å²) < 4.78 is 15.3. The maximum atomic E-state index is 12.4. The molecule has 2 aliphatic heterocycles. The van der Waals surface area contributed by atoms with Crippen LogP contribution in [0.1, 0.15) is 19.3 Å². The molecule has 138 valence electrons. The molecule has 0 aromatic heterocycles. The van der Waals surface area contributed by atoms with E-state index in [0.717, 1.165) is 12.8 Å². The van der Waals surface area contributed by atoms with Crippen LogP contribution in [0, 0.1) is 0 Å². The molecule has 2 N–H and O–H groups in total. The van der Waals surface area contributed by atoms with Crippen molar-refractivity contribution in [2.45, 2.75) is 37.2 Å². The molecule has 2 aliphatic rings. The number of aliphatic hydroxyl groups is 1. The van der Waals surface area contributed by atoms with E-state index < -0.39 is 11.9 Å². The third kappa shape index (κ3) is 3.90. The second-order valence-electron chi connectivity index (χ2n) is 6.14. The second-order valence-corrected chi connectivity index (χ2v) is 6.14. The highest BCUT2D eigenvalue weighted by molar-refractivity contribution is 5.75. The van der Waals surface area contributed by atoms with E-state index in [1.165, 1.54) is 26.2 Å². The smallest absolute Gasteiger partial charge is 0.409 e. The molecule has 24 heavy (non-hydrogen) atoms. The number of urea groups is 1. The van der Waals surface area contributed by atoms with Crippen LogP contribution in [0.25, 0.3) is 0 Å². The lowest BCUT2D eigenvalue weighted by atomic mass is 10.0. The highest BCUT2D eigenvalue weighted by Gasteiger charge is 2.44. The van der Waals surface area contributed by atoms with Crippen LogP contribution >= 0.6 is 0 Å². The second kappa shape index (κ2) is 8.00. The number of hydrogen-bond acceptors (Lipinski definition) is 6. The van der Waals surface area contributed by atoms with Gasteiger partial charge in [-0.15, -0.1) is 0 Å². The maximum absolute atomic E-state index is 12.4. The third-order valence-corrected chi connectivity index (χ3v) is 4.79. The average molecular weight is 345 g/mol. The first kappa shape index (κ1) is 18.8. The van der Waals surface area contributed by atoms with Crippen molar-refractivity contribution in [1.82, 2.24) is 15.1 Å². The Morgan fingerprint density at radius 2 is 1.83 bits per heavy atom. The molecule has 3 amide bonds. The molecule has 2 unspecified atom stereocenters. The van der Waals surface area contributed by atoms with E-state index in [2.05, 4.69) is 5.32 Å². The normalized spacial score (nSPS) is 26.8. The number of hydrogen-bond donors (Lipinski definition) is 2. The van der Waals surface area contributed by atoms with E-state index >= 15 is 0 Å². The Labute approximate surface area is 141 Å². The van der Waals surface area contributed by atoms with Gasteiger partial charge in [-0.25, -0.2) is 9.59 Å². The molecular weight excluding hydrogens is 318 g/mol. The van der Waals surface area contributed by atoms with Gasteiger partial charge >= 0.3 is 12.1 Å². The molecule has 0 aliphatic carbocycles. The summed E-state index contributed by atoms with van der Waals surface area (Å²) in [6.07, 6.45) is 0.680. The maximum Gasteiger partial charge on any atom is 0.409 e. The predicted molar refractivity (Wildman–Crippen MR) is 84.5 cm³/mol. The monoisotopic (exact) mass is 345 g/mol. The van der Waals surface area contributed by atoms with Crippen molar-refractivity contribution in [2.24, 2.45) is 0 Å². The molecule has 2 heterocycles. The van der Waals surface area contributed by atoms with Gasteiger partial charge in [0.2, 0.25) is 0 Å². The minimum Gasteiger partial charge on any atom is -0.453 e. The first-order valence-corrected chi connectivity index (χ1v) is 8.12. The van der Waals surface area contributed by atoms with Gasteiger partial charge in [0.1, 0.15) is 6.10 Å². The largest absolute Gasteiger partial charge is 0.453 e. The lowest BCUT2D eigenvalue weighted by Gasteiger charge is -2.43. The van der Waals surface area contributed by atoms with Crippen LogP contribution in [-0.2, 0) is 14.2 Å². The summed E-state index contributed by atoms with van der Waals surface area (Å²) in [5.74, 6) is -1.07. The molecule has 0 radical (unpaired) electrons. The van der Waals surface area contributed by atoms with Crippen LogP contribution < -0.4 is 5.32 Å². The van der Waals surface area contributed by atoms with E-state index in [1.807, 2.05) is 0 Å². The van der Waals surface area contributed by atoms with Gasteiger partial charge in [0.15, 0.2) is 5.79 Å². The fourth-order valence-corrected chi connectivity index (χ4v) is 3.30. The standard InChI is InChI=1S/C15H27N3O6/c1-22-14(21)18-7-4-5-11(9-18)16-13(20)17-8-6-15(23-2,24-3)12(19)10-17/h11-12,19H,4-10H2,1-3H3,(H,16,20). The molecule has 0 saturated carbocycles. The number of piperidine rings is 2.